The lowest BCUT2D eigenvalue weighted by Crippen LogP contribution is -2.33. The normalized spacial score (nSPS) is 11.3. The van der Waals surface area contributed by atoms with Gasteiger partial charge in [-0.2, -0.15) is 13.2 Å². The molecule has 1 aromatic carbocycles. The maximum Gasteiger partial charge on any atom is 0.418 e. The number of rotatable bonds is 5. The van der Waals surface area contributed by atoms with Crippen LogP contribution in [0, 0.1) is 0 Å². The van der Waals surface area contributed by atoms with Gasteiger partial charge < -0.3 is 15.3 Å². The maximum absolute atomic E-state index is 12.9. The zero-order valence-electron chi connectivity index (χ0n) is 11.3. The van der Waals surface area contributed by atoms with E-state index in [0.717, 1.165) is 6.07 Å². The SMILES string of the molecule is CCN(CCO)C(=O)c1ccc(NC)c(C(F)(F)F)c1. The third-order valence-corrected chi connectivity index (χ3v) is 2.88. The molecular formula is C13H17F3N2O2. The van der Waals surface area contributed by atoms with Crippen molar-refractivity contribution in [1.82, 2.24) is 4.90 Å². The molecule has 0 unspecified atom stereocenters. The zero-order valence-corrected chi connectivity index (χ0v) is 11.3. The van der Waals surface area contributed by atoms with Crippen LogP contribution < -0.4 is 5.32 Å². The average molecular weight is 290 g/mol. The van der Waals surface area contributed by atoms with E-state index in [1.165, 1.54) is 24.1 Å². The van der Waals surface area contributed by atoms with Crippen LogP contribution in [0.25, 0.3) is 0 Å². The van der Waals surface area contributed by atoms with Gasteiger partial charge in [0, 0.05) is 31.4 Å². The second-order valence-corrected chi connectivity index (χ2v) is 4.12. The summed E-state index contributed by atoms with van der Waals surface area (Å²) >= 11 is 0. The molecule has 1 amide bonds. The van der Waals surface area contributed by atoms with Crippen LogP contribution in [0.5, 0.6) is 0 Å². The number of aliphatic hydroxyl groups excluding tert-OH is 1. The van der Waals surface area contributed by atoms with Gasteiger partial charge in [-0.3, -0.25) is 4.79 Å². The number of anilines is 1. The number of aliphatic hydroxyl groups is 1. The van der Waals surface area contributed by atoms with Crippen molar-refractivity contribution >= 4 is 11.6 Å². The predicted octanol–water partition coefficient (Wildman–Crippen LogP) is 2.20. The molecule has 0 atom stereocenters. The minimum absolute atomic E-state index is 0.0494. The number of likely N-dealkylation sites (N-methyl/N-ethyl adjacent to an activating group) is 1. The second kappa shape index (κ2) is 6.60. The zero-order chi connectivity index (χ0) is 15.3. The Hall–Kier alpha value is -1.76. The first-order chi connectivity index (χ1) is 9.35. The molecular weight excluding hydrogens is 273 g/mol. The van der Waals surface area contributed by atoms with E-state index in [4.69, 9.17) is 5.11 Å². The highest BCUT2D eigenvalue weighted by Gasteiger charge is 2.34. The highest BCUT2D eigenvalue weighted by atomic mass is 19.4. The summed E-state index contributed by atoms with van der Waals surface area (Å²) in [4.78, 5) is 13.4. The topological polar surface area (TPSA) is 52.6 Å². The molecule has 2 N–H and O–H groups in total. The first-order valence-electron chi connectivity index (χ1n) is 6.14. The highest BCUT2D eigenvalue weighted by molar-refractivity contribution is 5.95. The number of hydrogen-bond acceptors (Lipinski definition) is 3. The first kappa shape index (κ1) is 16.3. The van der Waals surface area contributed by atoms with Crippen molar-refractivity contribution in [1.29, 1.82) is 0 Å². The van der Waals surface area contributed by atoms with E-state index in [9.17, 15) is 18.0 Å². The van der Waals surface area contributed by atoms with Crippen molar-refractivity contribution < 1.29 is 23.1 Å². The van der Waals surface area contributed by atoms with Gasteiger partial charge in [-0.05, 0) is 25.1 Å². The number of nitrogens with one attached hydrogen (secondary N) is 1. The minimum Gasteiger partial charge on any atom is -0.395 e. The number of halogens is 3. The van der Waals surface area contributed by atoms with E-state index in [1.54, 1.807) is 6.92 Å². The van der Waals surface area contributed by atoms with Gasteiger partial charge in [0.1, 0.15) is 0 Å². The number of benzene rings is 1. The monoisotopic (exact) mass is 290 g/mol. The summed E-state index contributed by atoms with van der Waals surface area (Å²) in [6, 6.07) is 3.39. The van der Waals surface area contributed by atoms with E-state index in [0.29, 0.717) is 6.54 Å². The largest absolute Gasteiger partial charge is 0.418 e. The van der Waals surface area contributed by atoms with Crippen molar-refractivity contribution in [2.24, 2.45) is 0 Å². The van der Waals surface area contributed by atoms with Gasteiger partial charge >= 0.3 is 6.18 Å². The third-order valence-electron chi connectivity index (χ3n) is 2.88. The Balaban J connectivity index is 3.17. The fourth-order valence-electron chi connectivity index (χ4n) is 1.84. The molecule has 7 heteroatoms. The standard InChI is InChI=1S/C13H17F3N2O2/c1-3-18(6-7-19)12(20)9-4-5-11(17-2)10(8-9)13(14,15)16/h4-5,8,17,19H,3,6-7H2,1-2H3. The quantitative estimate of drug-likeness (QED) is 0.874. The molecule has 0 bridgehead atoms. The molecule has 0 saturated heterocycles. The Kier molecular flexibility index (Phi) is 5.38. The lowest BCUT2D eigenvalue weighted by atomic mass is 10.1. The van der Waals surface area contributed by atoms with Crippen LogP contribution in [0.4, 0.5) is 18.9 Å². The Morgan fingerprint density at radius 1 is 1.40 bits per heavy atom. The maximum atomic E-state index is 12.9. The summed E-state index contributed by atoms with van der Waals surface area (Å²) in [6.45, 7) is 1.86. The fourth-order valence-corrected chi connectivity index (χ4v) is 1.84. The molecule has 0 aliphatic rings. The minimum atomic E-state index is -4.54. The molecule has 0 saturated carbocycles. The van der Waals surface area contributed by atoms with Crippen LogP contribution in [0.15, 0.2) is 18.2 Å². The van der Waals surface area contributed by atoms with Gasteiger partial charge in [0.05, 0.1) is 12.2 Å². The van der Waals surface area contributed by atoms with Crippen LogP contribution in [-0.2, 0) is 6.18 Å². The van der Waals surface area contributed by atoms with Crippen LogP contribution in [0.3, 0.4) is 0 Å². The molecule has 0 aromatic heterocycles. The van der Waals surface area contributed by atoms with Gasteiger partial charge in [0.25, 0.3) is 5.91 Å². The molecule has 0 heterocycles. The van der Waals surface area contributed by atoms with Crippen LogP contribution in [0.2, 0.25) is 0 Å². The Labute approximate surface area is 115 Å². The predicted molar refractivity (Wildman–Crippen MR) is 69.7 cm³/mol. The van der Waals surface area contributed by atoms with Crippen LogP contribution in [0.1, 0.15) is 22.8 Å². The summed E-state index contributed by atoms with van der Waals surface area (Å²) in [6.07, 6.45) is -4.54. The summed E-state index contributed by atoms with van der Waals surface area (Å²) in [5.74, 6) is -0.533. The van der Waals surface area contributed by atoms with Crippen molar-refractivity contribution in [3.63, 3.8) is 0 Å². The lowest BCUT2D eigenvalue weighted by Gasteiger charge is -2.21. The van der Waals surface area contributed by atoms with Crippen molar-refractivity contribution in [3.05, 3.63) is 29.3 Å². The van der Waals surface area contributed by atoms with Crippen molar-refractivity contribution in [2.45, 2.75) is 13.1 Å². The highest BCUT2D eigenvalue weighted by Crippen LogP contribution is 2.35. The number of amides is 1. The molecule has 1 rings (SSSR count). The Morgan fingerprint density at radius 2 is 2.05 bits per heavy atom. The summed E-state index contributed by atoms with van der Waals surface area (Å²) in [7, 11) is 1.39. The van der Waals surface area contributed by atoms with Gasteiger partial charge in [-0.1, -0.05) is 0 Å². The summed E-state index contributed by atoms with van der Waals surface area (Å²) in [5, 5.41) is 11.3. The molecule has 0 fully saturated rings. The van der Waals surface area contributed by atoms with Crippen LogP contribution >= 0.6 is 0 Å². The van der Waals surface area contributed by atoms with Crippen LogP contribution in [-0.4, -0.2) is 42.7 Å². The number of hydrogen-bond donors (Lipinski definition) is 2. The second-order valence-electron chi connectivity index (χ2n) is 4.12. The number of carbonyl (C=O) groups excluding carboxylic acids is 1. The molecule has 20 heavy (non-hydrogen) atoms. The van der Waals surface area contributed by atoms with Gasteiger partial charge in [0.15, 0.2) is 0 Å². The summed E-state index contributed by atoms with van der Waals surface area (Å²) < 4.78 is 38.7. The number of alkyl halides is 3. The van der Waals surface area contributed by atoms with E-state index in [2.05, 4.69) is 5.32 Å². The van der Waals surface area contributed by atoms with Gasteiger partial charge in [-0.25, -0.2) is 0 Å². The average Bonchev–Trinajstić information content (AvgIpc) is 2.42. The van der Waals surface area contributed by atoms with E-state index in [-0.39, 0.29) is 24.4 Å². The Bertz CT molecular complexity index is 475. The van der Waals surface area contributed by atoms with Gasteiger partial charge in [0.2, 0.25) is 0 Å². The third kappa shape index (κ3) is 3.63. The van der Waals surface area contributed by atoms with E-state index >= 15 is 0 Å². The smallest absolute Gasteiger partial charge is 0.395 e. The molecule has 0 spiro atoms. The van der Waals surface area contributed by atoms with E-state index in [1.807, 2.05) is 0 Å². The van der Waals surface area contributed by atoms with Gasteiger partial charge in [-0.15, -0.1) is 0 Å². The molecule has 4 nitrogen and oxygen atoms in total. The van der Waals surface area contributed by atoms with Crippen molar-refractivity contribution in [3.8, 4) is 0 Å². The molecule has 112 valence electrons. The van der Waals surface area contributed by atoms with E-state index < -0.39 is 17.6 Å². The Morgan fingerprint density at radius 3 is 2.50 bits per heavy atom. The molecule has 1 aromatic rings. The summed E-state index contributed by atoms with van der Waals surface area (Å²) in [5.41, 5.74) is -1.02. The number of carbonyl (C=O) groups is 1. The van der Waals surface area contributed by atoms with Crippen molar-refractivity contribution in [2.75, 3.05) is 32.1 Å². The fraction of sp³-hybridized carbons (Fsp3) is 0.462. The molecule has 0 aliphatic heterocycles. The lowest BCUT2D eigenvalue weighted by molar-refractivity contribution is -0.137. The first-order valence-corrected chi connectivity index (χ1v) is 6.14. The molecule has 0 radical (unpaired) electrons. The molecule has 0 aliphatic carbocycles. The number of nitrogens with zero attached hydrogens (tertiary/aromatic N) is 1.